The number of fused-ring (bicyclic) bond motifs is 1. The fraction of sp³-hybridized carbons (Fsp3) is 0.455. The minimum atomic E-state index is -0.917. The topological polar surface area (TPSA) is 116 Å². The number of methoxy groups -OCH3 is 1. The van der Waals surface area contributed by atoms with Crippen LogP contribution in [0.2, 0.25) is 0 Å². The lowest BCUT2D eigenvalue weighted by atomic mass is 9.92. The van der Waals surface area contributed by atoms with Crippen molar-refractivity contribution >= 4 is 29.3 Å². The lowest BCUT2D eigenvalue weighted by Gasteiger charge is -2.36. The summed E-state index contributed by atoms with van der Waals surface area (Å²) >= 11 is 0. The summed E-state index contributed by atoms with van der Waals surface area (Å²) in [4.78, 5) is 47.8. The maximum atomic E-state index is 13.0. The molecule has 0 saturated carbocycles. The highest BCUT2D eigenvalue weighted by Crippen LogP contribution is 2.32. The molecule has 3 N–H and O–H groups in total. The average Bonchev–Trinajstić information content (AvgIpc) is 2.78. The Labute approximate surface area is 180 Å². The van der Waals surface area contributed by atoms with Crippen LogP contribution < -0.4 is 25.8 Å². The number of benzene rings is 1. The molecule has 0 bridgehead atoms. The maximum absolute atomic E-state index is 13.0. The van der Waals surface area contributed by atoms with E-state index in [0.29, 0.717) is 23.4 Å². The minimum absolute atomic E-state index is 0.111. The average molecular weight is 425 g/mol. The molecule has 4 rings (SSSR count). The van der Waals surface area contributed by atoms with E-state index in [-0.39, 0.29) is 23.7 Å². The van der Waals surface area contributed by atoms with Crippen LogP contribution in [0, 0.1) is 0 Å². The molecule has 0 aliphatic carbocycles. The van der Waals surface area contributed by atoms with Crippen LogP contribution >= 0.6 is 0 Å². The molecule has 9 nitrogen and oxygen atoms in total. The largest absolute Gasteiger partial charge is 0.497 e. The third-order valence-electron chi connectivity index (χ3n) is 5.98. The normalized spacial score (nSPS) is 20.6. The van der Waals surface area contributed by atoms with Gasteiger partial charge in [0.1, 0.15) is 11.6 Å². The number of carbonyl (C=O) groups excluding carboxylic acids is 2. The van der Waals surface area contributed by atoms with Crippen LogP contribution in [0.25, 0.3) is 0 Å². The summed E-state index contributed by atoms with van der Waals surface area (Å²) in [5, 5.41) is 5.46. The highest BCUT2D eigenvalue weighted by Gasteiger charge is 2.35. The summed E-state index contributed by atoms with van der Waals surface area (Å²) in [5.74, 6) is -0.393. The Kier molecular flexibility index (Phi) is 5.92. The van der Waals surface area contributed by atoms with Gasteiger partial charge in [0.05, 0.1) is 18.6 Å². The van der Waals surface area contributed by atoms with Gasteiger partial charge in [0.15, 0.2) is 0 Å². The number of nitrogens with zero attached hydrogens (tertiary/aromatic N) is 2. The fourth-order valence-electron chi connectivity index (χ4n) is 4.33. The summed E-state index contributed by atoms with van der Waals surface area (Å²) in [6.45, 7) is 2.91. The van der Waals surface area contributed by atoms with Gasteiger partial charge >= 0.3 is 0 Å². The molecule has 3 heterocycles. The number of hydrogen-bond acceptors (Lipinski definition) is 6. The van der Waals surface area contributed by atoms with Crippen LogP contribution in [-0.4, -0.2) is 41.5 Å². The second-order valence-electron chi connectivity index (χ2n) is 7.93. The summed E-state index contributed by atoms with van der Waals surface area (Å²) in [7, 11) is 1.56. The maximum Gasteiger partial charge on any atom is 0.258 e. The van der Waals surface area contributed by atoms with Crippen LogP contribution in [0.5, 0.6) is 5.75 Å². The predicted molar refractivity (Wildman–Crippen MR) is 118 cm³/mol. The second kappa shape index (κ2) is 8.79. The fourth-order valence-corrected chi connectivity index (χ4v) is 4.33. The third-order valence-corrected chi connectivity index (χ3v) is 5.98. The van der Waals surface area contributed by atoms with E-state index >= 15 is 0 Å². The van der Waals surface area contributed by atoms with E-state index in [2.05, 4.69) is 32.4 Å². The summed E-state index contributed by atoms with van der Waals surface area (Å²) in [6, 6.07) is 7.14. The number of rotatable bonds is 5. The molecule has 2 aromatic rings. The van der Waals surface area contributed by atoms with Crippen LogP contribution in [0.3, 0.4) is 0 Å². The highest BCUT2D eigenvalue weighted by atomic mass is 16.5. The van der Waals surface area contributed by atoms with Gasteiger partial charge in [0.25, 0.3) is 5.56 Å². The molecule has 2 atom stereocenters. The molecular weight excluding hydrogens is 398 g/mol. The Hall–Kier alpha value is -3.36. The van der Waals surface area contributed by atoms with E-state index in [0.717, 1.165) is 32.2 Å². The predicted octanol–water partition coefficient (Wildman–Crippen LogP) is 2.61. The van der Waals surface area contributed by atoms with E-state index in [1.807, 2.05) is 0 Å². The number of H-pyrrole nitrogens is 1. The van der Waals surface area contributed by atoms with Gasteiger partial charge < -0.3 is 20.3 Å². The molecule has 0 radical (unpaired) electrons. The standard InChI is InChI=1S/C22H27N5O4/c1-3-14-6-4-5-11-27(14)22-25-19-18(21(30)26-22)16(12-17(28)24-19)20(29)23-13-7-9-15(31-2)10-8-13/h7-10,14,16H,3-6,11-12H2,1-2H3,(H,23,29)(H2,24,25,26,28,30)/t14-,16+/m0/s1. The van der Waals surface area contributed by atoms with E-state index in [1.165, 1.54) is 0 Å². The number of piperidine rings is 1. The zero-order valence-corrected chi connectivity index (χ0v) is 17.7. The van der Waals surface area contributed by atoms with Crippen LogP contribution in [-0.2, 0) is 9.59 Å². The number of amides is 2. The molecule has 1 saturated heterocycles. The Morgan fingerprint density at radius 2 is 2.03 bits per heavy atom. The number of aromatic nitrogens is 2. The van der Waals surface area contributed by atoms with Crippen molar-refractivity contribution in [3.63, 3.8) is 0 Å². The van der Waals surface area contributed by atoms with E-state index in [9.17, 15) is 14.4 Å². The van der Waals surface area contributed by atoms with Crippen LogP contribution in [0.4, 0.5) is 17.5 Å². The number of hydrogen-bond donors (Lipinski definition) is 3. The third kappa shape index (κ3) is 4.26. The van der Waals surface area contributed by atoms with E-state index in [1.54, 1.807) is 31.4 Å². The number of carbonyl (C=O) groups is 2. The smallest absolute Gasteiger partial charge is 0.258 e. The first-order valence-electron chi connectivity index (χ1n) is 10.7. The van der Waals surface area contributed by atoms with Crippen molar-refractivity contribution in [3.8, 4) is 5.75 Å². The molecule has 0 unspecified atom stereocenters. The van der Waals surface area contributed by atoms with Gasteiger partial charge in [-0.1, -0.05) is 6.92 Å². The number of ether oxygens (including phenoxy) is 1. The zero-order chi connectivity index (χ0) is 22.0. The Balaban J connectivity index is 1.63. The molecule has 1 fully saturated rings. The summed E-state index contributed by atoms with van der Waals surface area (Å²) in [6.07, 6.45) is 4.04. The van der Waals surface area contributed by atoms with E-state index in [4.69, 9.17) is 4.74 Å². The second-order valence-corrected chi connectivity index (χ2v) is 7.93. The summed E-state index contributed by atoms with van der Waals surface area (Å²) < 4.78 is 5.12. The van der Waals surface area contributed by atoms with Crippen molar-refractivity contribution in [2.45, 2.75) is 51.0 Å². The molecular formula is C22H27N5O4. The van der Waals surface area contributed by atoms with Gasteiger partial charge in [-0.15, -0.1) is 0 Å². The van der Waals surface area contributed by atoms with Gasteiger partial charge in [-0.05, 0) is 49.9 Å². The summed E-state index contributed by atoms with van der Waals surface area (Å²) in [5.41, 5.74) is 0.355. The Morgan fingerprint density at radius 1 is 1.26 bits per heavy atom. The first-order chi connectivity index (χ1) is 15.0. The van der Waals surface area contributed by atoms with Crippen LogP contribution in [0.1, 0.15) is 50.5 Å². The lowest BCUT2D eigenvalue weighted by Crippen LogP contribution is -2.43. The van der Waals surface area contributed by atoms with Gasteiger partial charge in [0, 0.05) is 24.7 Å². The zero-order valence-electron chi connectivity index (χ0n) is 17.7. The van der Waals surface area contributed by atoms with Gasteiger partial charge in [-0.2, -0.15) is 4.98 Å². The molecule has 164 valence electrons. The van der Waals surface area contributed by atoms with Crippen molar-refractivity contribution in [1.82, 2.24) is 9.97 Å². The molecule has 31 heavy (non-hydrogen) atoms. The SMILES string of the molecule is CC[C@H]1CCCCN1c1nc2c(c(=O)[nH]1)[C@H](C(=O)Nc1ccc(OC)cc1)CC(=O)N2. The monoisotopic (exact) mass is 425 g/mol. The van der Waals surface area contributed by atoms with Crippen molar-refractivity contribution < 1.29 is 14.3 Å². The lowest BCUT2D eigenvalue weighted by molar-refractivity contribution is -0.123. The van der Waals surface area contributed by atoms with Gasteiger partial charge in [0.2, 0.25) is 17.8 Å². The number of aromatic amines is 1. The van der Waals surface area contributed by atoms with Crippen molar-refractivity contribution in [3.05, 3.63) is 40.2 Å². The molecule has 2 aliphatic rings. The molecule has 2 amide bonds. The van der Waals surface area contributed by atoms with E-state index < -0.39 is 17.4 Å². The molecule has 1 aromatic heterocycles. The quantitative estimate of drug-likeness (QED) is 0.678. The van der Waals surface area contributed by atoms with Crippen LogP contribution in [0.15, 0.2) is 29.1 Å². The van der Waals surface area contributed by atoms with Crippen molar-refractivity contribution in [1.29, 1.82) is 0 Å². The number of anilines is 3. The highest BCUT2D eigenvalue weighted by molar-refractivity contribution is 6.04. The Bertz CT molecular complexity index is 1030. The van der Waals surface area contributed by atoms with Gasteiger partial charge in [-0.25, -0.2) is 0 Å². The van der Waals surface area contributed by atoms with Crippen molar-refractivity contribution in [2.75, 3.05) is 29.2 Å². The molecule has 9 heteroatoms. The molecule has 1 aromatic carbocycles. The molecule has 2 aliphatic heterocycles. The first-order valence-corrected chi connectivity index (χ1v) is 10.7. The van der Waals surface area contributed by atoms with Crippen molar-refractivity contribution in [2.24, 2.45) is 0 Å². The number of nitrogens with one attached hydrogen (secondary N) is 3. The van der Waals surface area contributed by atoms with Gasteiger partial charge in [-0.3, -0.25) is 19.4 Å². The Morgan fingerprint density at radius 3 is 2.74 bits per heavy atom. The minimum Gasteiger partial charge on any atom is -0.497 e. The first kappa shape index (κ1) is 20.9. The molecule has 0 spiro atoms.